The first-order valence-corrected chi connectivity index (χ1v) is 9.24. The van der Waals surface area contributed by atoms with Gasteiger partial charge < -0.3 is 0 Å². The largest absolute Gasteiger partial charge is 0.417 e. The van der Waals surface area contributed by atoms with Crippen LogP contribution in [0.2, 0.25) is 0 Å². The number of benzene rings is 1. The van der Waals surface area contributed by atoms with Gasteiger partial charge >= 0.3 is 6.18 Å². The number of fused-ring (bicyclic) bond motifs is 5. The van der Waals surface area contributed by atoms with Gasteiger partial charge in [-0.15, -0.1) is 11.8 Å². The molecule has 0 aromatic heterocycles. The molecule has 25 heavy (non-hydrogen) atoms. The van der Waals surface area contributed by atoms with E-state index in [1.165, 1.54) is 12.1 Å². The van der Waals surface area contributed by atoms with Crippen molar-refractivity contribution >= 4 is 45.2 Å². The standard InChI is InChI=1S/C17H13BrF3NO2S/c1-15-5-6-16(2,25-15)12-11(15)13(23)22(14(12)24)8-3-4-10(18)9(7-8)17(19,20)21/h3-7,11-12H,1-2H3. The van der Waals surface area contributed by atoms with Gasteiger partial charge in [0.15, 0.2) is 0 Å². The lowest BCUT2D eigenvalue weighted by Crippen LogP contribution is -2.36. The number of nitrogens with zero attached hydrogens (tertiary/aromatic N) is 1. The summed E-state index contributed by atoms with van der Waals surface area (Å²) in [6, 6.07) is 3.44. The number of halogens is 4. The van der Waals surface area contributed by atoms with Crippen molar-refractivity contribution in [1.29, 1.82) is 0 Å². The molecule has 1 aromatic rings. The molecule has 2 amide bonds. The first-order chi connectivity index (χ1) is 11.5. The van der Waals surface area contributed by atoms with Crippen LogP contribution in [0.15, 0.2) is 34.8 Å². The zero-order valence-corrected chi connectivity index (χ0v) is 15.6. The Labute approximate surface area is 154 Å². The summed E-state index contributed by atoms with van der Waals surface area (Å²) in [4.78, 5) is 26.8. The average molecular weight is 432 g/mol. The van der Waals surface area contributed by atoms with Crippen LogP contribution in [0.1, 0.15) is 19.4 Å². The van der Waals surface area contributed by atoms with E-state index in [1.54, 1.807) is 11.8 Å². The summed E-state index contributed by atoms with van der Waals surface area (Å²) in [5.41, 5.74) is -0.938. The highest BCUT2D eigenvalue weighted by Gasteiger charge is 2.69. The van der Waals surface area contributed by atoms with Gasteiger partial charge in [0.2, 0.25) is 11.8 Å². The molecule has 0 aliphatic carbocycles. The SMILES string of the molecule is CC12C=CC(C)(S1)C1C(=O)N(c3ccc(Br)c(C(F)(F)F)c3)C(=O)C12. The number of alkyl halides is 3. The summed E-state index contributed by atoms with van der Waals surface area (Å²) in [6.45, 7) is 3.81. The van der Waals surface area contributed by atoms with Crippen molar-refractivity contribution in [3.63, 3.8) is 0 Å². The molecule has 0 radical (unpaired) electrons. The van der Waals surface area contributed by atoms with Gasteiger partial charge in [0, 0.05) is 14.0 Å². The highest BCUT2D eigenvalue weighted by molar-refractivity contribution is 9.10. The van der Waals surface area contributed by atoms with E-state index in [4.69, 9.17) is 0 Å². The second-order valence-electron chi connectivity index (χ2n) is 6.93. The topological polar surface area (TPSA) is 37.4 Å². The van der Waals surface area contributed by atoms with E-state index in [2.05, 4.69) is 15.9 Å². The third kappa shape index (κ3) is 2.19. The predicted octanol–water partition coefficient (Wildman–Crippen LogP) is 4.41. The summed E-state index contributed by atoms with van der Waals surface area (Å²) in [7, 11) is 0. The van der Waals surface area contributed by atoms with E-state index in [0.29, 0.717) is 0 Å². The normalized spacial score (nSPS) is 36.5. The molecule has 1 aromatic carbocycles. The van der Waals surface area contributed by atoms with Crippen LogP contribution in [-0.4, -0.2) is 21.3 Å². The Balaban J connectivity index is 1.80. The minimum atomic E-state index is -4.58. The minimum absolute atomic E-state index is 0.0310. The van der Waals surface area contributed by atoms with Gasteiger partial charge in [-0.3, -0.25) is 9.59 Å². The Morgan fingerprint density at radius 3 is 2.08 bits per heavy atom. The predicted molar refractivity (Wildman–Crippen MR) is 92.2 cm³/mol. The van der Waals surface area contributed by atoms with Crippen molar-refractivity contribution in [2.45, 2.75) is 29.5 Å². The maximum atomic E-state index is 13.2. The first-order valence-electron chi connectivity index (χ1n) is 7.63. The average Bonchev–Trinajstić information content (AvgIpc) is 3.04. The highest BCUT2D eigenvalue weighted by atomic mass is 79.9. The molecule has 2 fully saturated rings. The number of thioether (sulfide) groups is 1. The summed E-state index contributed by atoms with van der Waals surface area (Å²) >= 11 is 4.45. The Kier molecular flexibility index (Phi) is 3.37. The number of amides is 2. The summed E-state index contributed by atoms with van der Waals surface area (Å²) in [5, 5.41) is 0. The van der Waals surface area contributed by atoms with E-state index < -0.39 is 44.9 Å². The van der Waals surface area contributed by atoms with Crippen LogP contribution in [-0.2, 0) is 15.8 Å². The van der Waals surface area contributed by atoms with Crippen molar-refractivity contribution < 1.29 is 22.8 Å². The molecule has 132 valence electrons. The maximum Gasteiger partial charge on any atom is 0.417 e. The fourth-order valence-electron chi connectivity index (χ4n) is 4.16. The molecule has 0 saturated carbocycles. The number of carbonyl (C=O) groups is 2. The third-order valence-electron chi connectivity index (χ3n) is 5.24. The van der Waals surface area contributed by atoms with E-state index >= 15 is 0 Å². The molecular formula is C17H13BrF3NO2S. The van der Waals surface area contributed by atoms with E-state index in [1.807, 2.05) is 26.0 Å². The molecule has 0 N–H and O–H groups in total. The van der Waals surface area contributed by atoms with Gasteiger partial charge in [-0.2, -0.15) is 13.2 Å². The minimum Gasteiger partial charge on any atom is -0.274 e. The lowest BCUT2D eigenvalue weighted by atomic mass is 9.73. The van der Waals surface area contributed by atoms with Crippen LogP contribution in [0, 0.1) is 11.8 Å². The first kappa shape index (κ1) is 17.1. The Hall–Kier alpha value is -1.28. The Morgan fingerprint density at radius 1 is 1.08 bits per heavy atom. The molecule has 8 heteroatoms. The molecular weight excluding hydrogens is 419 g/mol. The quantitative estimate of drug-likeness (QED) is 0.488. The zero-order valence-electron chi connectivity index (χ0n) is 13.2. The molecule has 0 spiro atoms. The lowest BCUT2D eigenvalue weighted by molar-refractivity contribution is -0.138. The Morgan fingerprint density at radius 2 is 1.60 bits per heavy atom. The van der Waals surface area contributed by atoms with Crippen molar-refractivity contribution in [2.24, 2.45) is 11.8 Å². The molecule has 3 aliphatic heterocycles. The van der Waals surface area contributed by atoms with Gasteiger partial charge in [0.25, 0.3) is 0 Å². The highest BCUT2D eigenvalue weighted by Crippen LogP contribution is 2.66. The van der Waals surface area contributed by atoms with E-state index in [-0.39, 0.29) is 10.2 Å². The van der Waals surface area contributed by atoms with Gasteiger partial charge in [-0.05, 0) is 32.0 Å². The van der Waals surface area contributed by atoms with Gasteiger partial charge in [-0.25, -0.2) is 4.90 Å². The van der Waals surface area contributed by atoms with Crippen LogP contribution in [0.4, 0.5) is 18.9 Å². The van der Waals surface area contributed by atoms with Gasteiger partial charge in [0.05, 0.1) is 23.1 Å². The number of carbonyl (C=O) groups excluding carboxylic acids is 2. The lowest BCUT2D eigenvalue weighted by Gasteiger charge is -2.24. The fraction of sp³-hybridized carbons (Fsp3) is 0.412. The summed E-state index contributed by atoms with van der Waals surface area (Å²) in [5.74, 6) is -1.93. The van der Waals surface area contributed by atoms with E-state index in [9.17, 15) is 22.8 Å². The molecule has 2 bridgehead atoms. The fourth-order valence-corrected chi connectivity index (χ4v) is 6.57. The number of hydrogen-bond acceptors (Lipinski definition) is 3. The second kappa shape index (κ2) is 4.91. The second-order valence-corrected chi connectivity index (χ2v) is 9.75. The maximum absolute atomic E-state index is 13.2. The molecule has 4 atom stereocenters. The van der Waals surface area contributed by atoms with E-state index in [0.717, 1.165) is 11.0 Å². The van der Waals surface area contributed by atoms with Crippen LogP contribution in [0.3, 0.4) is 0 Å². The van der Waals surface area contributed by atoms with Crippen molar-refractivity contribution in [1.82, 2.24) is 0 Å². The summed E-state index contributed by atoms with van der Waals surface area (Å²) in [6.07, 6.45) is -0.697. The third-order valence-corrected chi connectivity index (χ3v) is 7.59. The van der Waals surface area contributed by atoms with Crippen molar-refractivity contribution in [3.8, 4) is 0 Å². The van der Waals surface area contributed by atoms with Crippen molar-refractivity contribution in [3.05, 3.63) is 40.4 Å². The molecule has 3 nitrogen and oxygen atoms in total. The van der Waals surface area contributed by atoms with Crippen LogP contribution < -0.4 is 4.90 Å². The molecule has 3 heterocycles. The molecule has 4 unspecified atom stereocenters. The number of imide groups is 1. The molecule has 3 aliphatic rings. The zero-order chi connectivity index (χ0) is 18.4. The summed E-state index contributed by atoms with van der Waals surface area (Å²) < 4.78 is 38.4. The molecule has 2 saturated heterocycles. The Bertz CT molecular complexity index is 819. The van der Waals surface area contributed by atoms with Crippen LogP contribution in [0.25, 0.3) is 0 Å². The number of anilines is 1. The van der Waals surface area contributed by atoms with Gasteiger partial charge in [0.1, 0.15) is 0 Å². The monoisotopic (exact) mass is 431 g/mol. The number of hydrogen-bond donors (Lipinski definition) is 0. The molecule has 4 rings (SSSR count). The van der Waals surface area contributed by atoms with Crippen LogP contribution in [0.5, 0.6) is 0 Å². The number of rotatable bonds is 1. The van der Waals surface area contributed by atoms with Gasteiger partial charge in [-0.1, -0.05) is 28.1 Å². The van der Waals surface area contributed by atoms with Crippen molar-refractivity contribution in [2.75, 3.05) is 4.90 Å². The smallest absolute Gasteiger partial charge is 0.274 e. The van der Waals surface area contributed by atoms with Crippen LogP contribution >= 0.6 is 27.7 Å².